The monoisotopic (exact) mass is 276 g/mol. The maximum Gasteiger partial charge on any atom is 0.148 e. The van der Waals surface area contributed by atoms with Gasteiger partial charge in [0, 0.05) is 25.4 Å². The van der Waals surface area contributed by atoms with Crippen LogP contribution in [0.3, 0.4) is 0 Å². The molecular weight excluding hydrogens is 248 g/mol. The highest BCUT2D eigenvalue weighted by atomic mass is 32.2. The van der Waals surface area contributed by atoms with Gasteiger partial charge in [-0.05, 0) is 19.4 Å². The number of sulfone groups is 1. The zero-order valence-corrected chi connectivity index (χ0v) is 12.6. The van der Waals surface area contributed by atoms with Crippen LogP contribution in [0.15, 0.2) is 0 Å². The molecule has 108 valence electrons. The minimum atomic E-state index is -2.88. The van der Waals surface area contributed by atoms with Gasteiger partial charge in [0.15, 0.2) is 0 Å². The van der Waals surface area contributed by atoms with Crippen molar-refractivity contribution in [3.05, 3.63) is 0 Å². The fraction of sp³-hybridized carbons (Fsp3) is 1.00. The van der Waals surface area contributed by atoms with Crippen LogP contribution in [0.25, 0.3) is 0 Å². The highest BCUT2D eigenvalue weighted by molar-refractivity contribution is 7.90. The summed E-state index contributed by atoms with van der Waals surface area (Å²) in [4.78, 5) is 2.12. The lowest BCUT2D eigenvalue weighted by atomic mass is 9.84. The lowest BCUT2D eigenvalue weighted by Gasteiger charge is -2.31. The zero-order chi connectivity index (χ0) is 13.6. The van der Waals surface area contributed by atoms with E-state index in [4.69, 9.17) is 5.73 Å². The van der Waals surface area contributed by atoms with E-state index in [0.29, 0.717) is 19.1 Å². The summed E-state index contributed by atoms with van der Waals surface area (Å²) in [6.07, 6.45) is 9.10. The number of hydrogen-bond donors (Lipinski definition) is 1. The summed E-state index contributed by atoms with van der Waals surface area (Å²) >= 11 is 0. The molecule has 1 aliphatic carbocycles. The van der Waals surface area contributed by atoms with Crippen LogP contribution < -0.4 is 5.73 Å². The zero-order valence-electron chi connectivity index (χ0n) is 11.8. The second kappa shape index (κ2) is 7.46. The quantitative estimate of drug-likeness (QED) is 0.760. The van der Waals surface area contributed by atoms with Crippen LogP contribution in [-0.4, -0.2) is 51.5 Å². The molecule has 0 heterocycles. The van der Waals surface area contributed by atoms with Gasteiger partial charge in [0.1, 0.15) is 9.84 Å². The van der Waals surface area contributed by atoms with Crippen molar-refractivity contribution in [3.8, 4) is 0 Å². The molecule has 0 amide bonds. The van der Waals surface area contributed by atoms with Crippen LogP contribution in [-0.2, 0) is 9.84 Å². The Hall–Kier alpha value is -0.130. The van der Waals surface area contributed by atoms with Crippen LogP contribution in [0.2, 0.25) is 0 Å². The van der Waals surface area contributed by atoms with Gasteiger partial charge in [-0.2, -0.15) is 0 Å². The normalized spacial score (nSPS) is 20.2. The van der Waals surface area contributed by atoms with Gasteiger partial charge in [0.2, 0.25) is 0 Å². The van der Waals surface area contributed by atoms with Gasteiger partial charge in [-0.3, -0.25) is 0 Å². The first-order valence-corrected chi connectivity index (χ1v) is 9.06. The molecule has 0 aromatic rings. The molecule has 1 saturated carbocycles. The SMILES string of the molecule is CN(CCS(C)(=O)=O)C(CN)CC1CCCCC1. The van der Waals surface area contributed by atoms with Gasteiger partial charge in [-0.25, -0.2) is 8.42 Å². The van der Waals surface area contributed by atoms with E-state index < -0.39 is 9.84 Å². The Morgan fingerprint density at radius 2 is 1.89 bits per heavy atom. The molecule has 4 nitrogen and oxygen atoms in total. The summed E-state index contributed by atoms with van der Waals surface area (Å²) in [5.74, 6) is 1.01. The molecule has 0 aromatic carbocycles. The van der Waals surface area contributed by atoms with Crippen molar-refractivity contribution in [1.29, 1.82) is 0 Å². The summed E-state index contributed by atoms with van der Waals surface area (Å²) in [5.41, 5.74) is 5.84. The second-order valence-electron chi connectivity index (χ2n) is 5.74. The Labute approximate surface area is 112 Å². The maximum atomic E-state index is 11.2. The highest BCUT2D eigenvalue weighted by Gasteiger charge is 2.21. The smallest absolute Gasteiger partial charge is 0.148 e. The summed E-state index contributed by atoms with van der Waals surface area (Å²) in [6.45, 7) is 1.21. The van der Waals surface area contributed by atoms with Crippen molar-refractivity contribution < 1.29 is 8.42 Å². The van der Waals surface area contributed by atoms with Crippen LogP contribution >= 0.6 is 0 Å². The third kappa shape index (κ3) is 6.16. The summed E-state index contributed by atoms with van der Waals surface area (Å²) in [6, 6.07) is 0.329. The molecule has 0 saturated heterocycles. The molecule has 0 aliphatic heterocycles. The number of nitrogens with zero attached hydrogens (tertiary/aromatic N) is 1. The predicted molar refractivity (Wildman–Crippen MR) is 76.4 cm³/mol. The Kier molecular flexibility index (Phi) is 6.60. The minimum absolute atomic E-state index is 0.227. The minimum Gasteiger partial charge on any atom is -0.329 e. The van der Waals surface area contributed by atoms with Crippen molar-refractivity contribution in [1.82, 2.24) is 4.90 Å². The van der Waals surface area contributed by atoms with Crippen molar-refractivity contribution >= 4 is 9.84 Å². The molecule has 18 heavy (non-hydrogen) atoms. The van der Waals surface area contributed by atoms with Crippen LogP contribution in [0.4, 0.5) is 0 Å². The van der Waals surface area contributed by atoms with E-state index in [9.17, 15) is 8.42 Å². The van der Waals surface area contributed by atoms with E-state index in [2.05, 4.69) is 4.90 Å². The number of hydrogen-bond acceptors (Lipinski definition) is 4. The number of rotatable bonds is 7. The Bertz CT molecular complexity index is 324. The summed E-state index contributed by atoms with van der Waals surface area (Å²) in [7, 11) is -0.885. The second-order valence-corrected chi connectivity index (χ2v) is 8.00. The fourth-order valence-corrected chi connectivity index (χ4v) is 3.38. The molecule has 1 unspecified atom stereocenters. The largest absolute Gasteiger partial charge is 0.329 e. The van der Waals surface area contributed by atoms with E-state index in [0.717, 1.165) is 12.3 Å². The van der Waals surface area contributed by atoms with Crippen LogP contribution in [0.1, 0.15) is 38.5 Å². The van der Waals surface area contributed by atoms with Gasteiger partial charge in [-0.15, -0.1) is 0 Å². The molecule has 1 fully saturated rings. The Balaban J connectivity index is 2.38. The molecule has 0 aromatic heterocycles. The lowest BCUT2D eigenvalue weighted by molar-refractivity contribution is 0.199. The van der Waals surface area contributed by atoms with Crippen LogP contribution in [0, 0.1) is 5.92 Å². The van der Waals surface area contributed by atoms with E-state index >= 15 is 0 Å². The standard InChI is InChI=1S/C13H28N2O2S/c1-15(8-9-18(2,16)17)13(11-14)10-12-6-4-3-5-7-12/h12-13H,3-11,14H2,1-2H3. The van der Waals surface area contributed by atoms with Gasteiger partial charge in [0.05, 0.1) is 5.75 Å². The third-order valence-electron chi connectivity index (χ3n) is 4.04. The molecule has 1 rings (SSSR count). The molecule has 0 bridgehead atoms. The van der Waals surface area contributed by atoms with Crippen molar-refractivity contribution in [2.24, 2.45) is 11.7 Å². The first-order valence-electron chi connectivity index (χ1n) is 7.00. The first kappa shape index (κ1) is 15.9. The van der Waals surface area contributed by atoms with Crippen molar-refractivity contribution in [3.63, 3.8) is 0 Å². The predicted octanol–water partition coefficient (Wildman–Crippen LogP) is 1.26. The number of nitrogens with two attached hydrogens (primary N) is 1. The Morgan fingerprint density at radius 3 is 2.39 bits per heavy atom. The lowest BCUT2D eigenvalue weighted by Crippen LogP contribution is -2.41. The molecule has 1 aliphatic rings. The highest BCUT2D eigenvalue weighted by Crippen LogP contribution is 2.28. The topological polar surface area (TPSA) is 63.4 Å². The van der Waals surface area contributed by atoms with Crippen molar-refractivity contribution in [2.45, 2.75) is 44.6 Å². The van der Waals surface area contributed by atoms with Crippen LogP contribution in [0.5, 0.6) is 0 Å². The van der Waals surface area contributed by atoms with E-state index in [1.54, 1.807) is 0 Å². The van der Waals surface area contributed by atoms with Gasteiger partial charge in [-0.1, -0.05) is 32.1 Å². The van der Waals surface area contributed by atoms with E-state index in [1.807, 2.05) is 7.05 Å². The van der Waals surface area contributed by atoms with Crippen molar-refractivity contribution in [2.75, 3.05) is 32.1 Å². The summed E-state index contributed by atoms with van der Waals surface area (Å²) in [5, 5.41) is 0. The first-order chi connectivity index (χ1) is 8.42. The van der Waals surface area contributed by atoms with Gasteiger partial charge < -0.3 is 10.6 Å². The Morgan fingerprint density at radius 1 is 1.28 bits per heavy atom. The number of likely N-dealkylation sites (N-methyl/N-ethyl adjacent to an activating group) is 1. The average Bonchev–Trinajstić information content (AvgIpc) is 2.33. The van der Waals surface area contributed by atoms with E-state index in [-0.39, 0.29) is 5.75 Å². The van der Waals surface area contributed by atoms with Gasteiger partial charge >= 0.3 is 0 Å². The molecule has 0 radical (unpaired) electrons. The average molecular weight is 276 g/mol. The molecular formula is C13H28N2O2S. The third-order valence-corrected chi connectivity index (χ3v) is 4.96. The van der Waals surface area contributed by atoms with E-state index in [1.165, 1.54) is 38.4 Å². The van der Waals surface area contributed by atoms with Gasteiger partial charge in [0.25, 0.3) is 0 Å². The molecule has 2 N–H and O–H groups in total. The molecule has 0 spiro atoms. The summed E-state index contributed by atoms with van der Waals surface area (Å²) < 4.78 is 22.4. The molecule has 1 atom stereocenters. The maximum absolute atomic E-state index is 11.2. The molecule has 5 heteroatoms. The fourth-order valence-electron chi connectivity index (χ4n) is 2.76.